The summed E-state index contributed by atoms with van der Waals surface area (Å²) in [7, 11) is 0. The minimum atomic E-state index is -4.46. The van der Waals surface area contributed by atoms with E-state index in [1.54, 1.807) is 5.32 Å². The highest BCUT2D eigenvalue weighted by Crippen LogP contribution is 2.14. The molecule has 0 aliphatic rings. The Morgan fingerprint density at radius 1 is 1.14 bits per heavy atom. The van der Waals surface area contributed by atoms with Gasteiger partial charge >= 0.3 is 6.18 Å². The van der Waals surface area contributed by atoms with E-state index in [2.05, 4.69) is 5.32 Å². The van der Waals surface area contributed by atoms with Gasteiger partial charge in [-0.05, 0) is 38.1 Å². The summed E-state index contributed by atoms with van der Waals surface area (Å²) in [4.78, 5) is 23.1. The molecule has 0 aliphatic heterocycles. The van der Waals surface area contributed by atoms with Crippen molar-refractivity contribution in [1.29, 1.82) is 0 Å². The number of nitrogens with two attached hydrogens (primary N) is 1. The smallest absolute Gasteiger partial charge is 0.343 e. The minimum absolute atomic E-state index is 0. The zero-order valence-corrected chi connectivity index (χ0v) is 12.8. The van der Waals surface area contributed by atoms with E-state index in [4.69, 9.17) is 5.73 Å². The van der Waals surface area contributed by atoms with Crippen LogP contribution in [0.1, 0.15) is 24.2 Å². The Morgan fingerprint density at radius 2 is 1.64 bits per heavy atom. The van der Waals surface area contributed by atoms with Crippen LogP contribution in [0.25, 0.3) is 0 Å². The van der Waals surface area contributed by atoms with Gasteiger partial charge in [-0.3, -0.25) is 9.59 Å². The van der Waals surface area contributed by atoms with Crippen LogP contribution in [0.3, 0.4) is 0 Å². The van der Waals surface area contributed by atoms with Crippen LogP contribution in [-0.4, -0.2) is 30.1 Å². The largest absolute Gasteiger partial charge is 0.405 e. The average molecular weight is 340 g/mol. The molecule has 2 amide bonds. The maximum Gasteiger partial charge on any atom is 0.405 e. The predicted octanol–water partition coefficient (Wildman–Crippen LogP) is 2.08. The molecule has 0 saturated carbocycles. The number of alkyl halides is 3. The van der Waals surface area contributed by atoms with Crippen molar-refractivity contribution in [2.24, 2.45) is 5.73 Å². The van der Waals surface area contributed by atoms with Crippen LogP contribution in [-0.2, 0) is 4.79 Å². The van der Waals surface area contributed by atoms with Crippen LogP contribution in [0, 0.1) is 0 Å². The van der Waals surface area contributed by atoms with Crippen molar-refractivity contribution in [2.45, 2.75) is 25.6 Å². The molecule has 0 bridgehead atoms. The summed E-state index contributed by atoms with van der Waals surface area (Å²) in [6.07, 6.45) is -4.46. The molecule has 124 valence electrons. The maximum absolute atomic E-state index is 12.0. The van der Waals surface area contributed by atoms with Gasteiger partial charge in [0.2, 0.25) is 5.91 Å². The van der Waals surface area contributed by atoms with Gasteiger partial charge in [-0.25, -0.2) is 0 Å². The lowest BCUT2D eigenvalue weighted by molar-refractivity contribution is -0.123. The molecule has 1 aromatic rings. The van der Waals surface area contributed by atoms with Crippen LogP contribution in [0.4, 0.5) is 18.9 Å². The molecule has 22 heavy (non-hydrogen) atoms. The normalized spacial score (nSPS) is 11.4. The quantitative estimate of drug-likeness (QED) is 0.785. The maximum atomic E-state index is 12.0. The van der Waals surface area contributed by atoms with E-state index in [9.17, 15) is 22.8 Å². The van der Waals surface area contributed by atoms with Gasteiger partial charge in [0, 0.05) is 11.3 Å². The number of halogens is 4. The summed E-state index contributed by atoms with van der Waals surface area (Å²) in [6.45, 7) is 1.66. The Balaban J connectivity index is 0.00000441. The number of anilines is 1. The van der Waals surface area contributed by atoms with Crippen LogP contribution >= 0.6 is 12.4 Å². The number of hydrogen-bond acceptors (Lipinski definition) is 3. The van der Waals surface area contributed by atoms with Gasteiger partial charge in [-0.1, -0.05) is 0 Å². The zero-order valence-electron chi connectivity index (χ0n) is 12.0. The summed E-state index contributed by atoms with van der Waals surface area (Å²) < 4.78 is 35.9. The second-order valence-electron chi connectivity index (χ2n) is 5.05. The van der Waals surface area contributed by atoms with E-state index in [-0.39, 0.29) is 18.0 Å². The first kappa shape index (κ1) is 20.2. The molecule has 9 heteroatoms. The van der Waals surface area contributed by atoms with Crippen molar-refractivity contribution in [1.82, 2.24) is 5.32 Å². The van der Waals surface area contributed by atoms with Crippen LogP contribution in [0.15, 0.2) is 24.3 Å². The third kappa shape index (κ3) is 6.77. The molecule has 0 atom stereocenters. The fourth-order valence-corrected chi connectivity index (χ4v) is 1.28. The van der Waals surface area contributed by atoms with Gasteiger partial charge in [-0.15, -0.1) is 12.4 Å². The molecule has 0 fully saturated rings. The van der Waals surface area contributed by atoms with E-state index in [1.165, 1.54) is 38.1 Å². The Kier molecular flexibility index (Phi) is 6.85. The highest BCUT2D eigenvalue weighted by Gasteiger charge is 2.28. The first-order chi connectivity index (χ1) is 9.49. The Morgan fingerprint density at radius 3 is 2.05 bits per heavy atom. The van der Waals surface area contributed by atoms with Crippen molar-refractivity contribution in [3.63, 3.8) is 0 Å². The van der Waals surface area contributed by atoms with E-state index in [1.807, 2.05) is 0 Å². The molecule has 0 aromatic heterocycles. The lowest BCUT2D eigenvalue weighted by Gasteiger charge is -2.17. The van der Waals surface area contributed by atoms with E-state index < -0.39 is 30.1 Å². The lowest BCUT2D eigenvalue weighted by Crippen LogP contribution is -2.45. The SMILES string of the molecule is CC(C)(N)C(=O)Nc1ccc(C(=O)NCC(F)(F)F)cc1.Cl. The van der Waals surface area contributed by atoms with Gasteiger partial charge in [-0.2, -0.15) is 13.2 Å². The number of amides is 2. The van der Waals surface area contributed by atoms with Crippen molar-refractivity contribution in [3.8, 4) is 0 Å². The Labute approximate surface area is 131 Å². The molecule has 0 spiro atoms. The van der Waals surface area contributed by atoms with E-state index in [0.717, 1.165) is 0 Å². The molecule has 0 saturated heterocycles. The fourth-order valence-electron chi connectivity index (χ4n) is 1.28. The number of carbonyl (C=O) groups excluding carboxylic acids is 2. The molecular weight excluding hydrogens is 323 g/mol. The number of carbonyl (C=O) groups is 2. The Hall–Kier alpha value is -1.80. The standard InChI is InChI=1S/C13H16F3N3O2.ClH/c1-12(2,17)11(21)19-9-5-3-8(4-6-9)10(20)18-7-13(14,15)16;/h3-6H,7,17H2,1-2H3,(H,18,20)(H,19,21);1H. The molecule has 4 N–H and O–H groups in total. The number of benzene rings is 1. The second kappa shape index (κ2) is 7.46. The molecule has 1 aromatic carbocycles. The number of hydrogen-bond donors (Lipinski definition) is 3. The summed E-state index contributed by atoms with van der Waals surface area (Å²) in [5.74, 6) is -1.26. The van der Waals surface area contributed by atoms with E-state index >= 15 is 0 Å². The fraction of sp³-hybridized carbons (Fsp3) is 0.385. The third-order valence-electron chi connectivity index (χ3n) is 2.44. The van der Waals surface area contributed by atoms with Crippen LogP contribution in [0.5, 0.6) is 0 Å². The molecule has 0 heterocycles. The average Bonchev–Trinajstić information content (AvgIpc) is 2.35. The second-order valence-corrected chi connectivity index (χ2v) is 5.05. The van der Waals surface area contributed by atoms with Gasteiger partial charge in [0.15, 0.2) is 0 Å². The predicted molar refractivity (Wildman–Crippen MR) is 79.0 cm³/mol. The minimum Gasteiger partial charge on any atom is -0.343 e. The van der Waals surface area contributed by atoms with Gasteiger partial charge < -0.3 is 16.4 Å². The summed E-state index contributed by atoms with van der Waals surface area (Å²) in [6, 6.07) is 5.44. The molecule has 1 rings (SSSR count). The topological polar surface area (TPSA) is 84.2 Å². The van der Waals surface area contributed by atoms with Gasteiger partial charge in [0.1, 0.15) is 6.54 Å². The van der Waals surface area contributed by atoms with Gasteiger partial charge in [0.25, 0.3) is 5.91 Å². The summed E-state index contributed by atoms with van der Waals surface area (Å²) >= 11 is 0. The highest BCUT2D eigenvalue weighted by atomic mass is 35.5. The first-order valence-corrected chi connectivity index (χ1v) is 6.04. The van der Waals surface area contributed by atoms with E-state index in [0.29, 0.717) is 5.69 Å². The Bertz CT molecular complexity index is 525. The monoisotopic (exact) mass is 339 g/mol. The van der Waals surface area contributed by atoms with Crippen molar-refractivity contribution < 1.29 is 22.8 Å². The molecule has 0 unspecified atom stereocenters. The lowest BCUT2D eigenvalue weighted by atomic mass is 10.1. The highest BCUT2D eigenvalue weighted by molar-refractivity contribution is 5.98. The summed E-state index contributed by atoms with van der Waals surface area (Å²) in [5.41, 5.74) is 4.99. The zero-order chi connectivity index (χ0) is 16.3. The van der Waals surface area contributed by atoms with Crippen molar-refractivity contribution in [2.75, 3.05) is 11.9 Å². The van der Waals surface area contributed by atoms with Gasteiger partial charge in [0.05, 0.1) is 5.54 Å². The van der Waals surface area contributed by atoms with Crippen molar-refractivity contribution in [3.05, 3.63) is 29.8 Å². The molecule has 0 radical (unpaired) electrons. The third-order valence-corrected chi connectivity index (χ3v) is 2.44. The van der Waals surface area contributed by atoms with Crippen molar-refractivity contribution >= 4 is 29.9 Å². The first-order valence-electron chi connectivity index (χ1n) is 6.04. The number of rotatable bonds is 4. The van der Waals surface area contributed by atoms with Crippen LogP contribution < -0.4 is 16.4 Å². The molecule has 5 nitrogen and oxygen atoms in total. The summed E-state index contributed by atoms with van der Waals surface area (Å²) in [5, 5.41) is 4.28. The molecule has 0 aliphatic carbocycles. The number of nitrogens with one attached hydrogen (secondary N) is 2. The molecular formula is C13H17ClF3N3O2. The van der Waals surface area contributed by atoms with Crippen LogP contribution in [0.2, 0.25) is 0 Å².